The number of aryl methyl sites for hydroxylation is 1. The number of halogens is 4. The summed E-state index contributed by atoms with van der Waals surface area (Å²) in [5.74, 6) is 0.398. The van der Waals surface area contributed by atoms with E-state index < -0.39 is 11.7 Å². The van der Waals surface area contributed by atoms with Crippen LogP contribution in [0.3, 0.4) is 0 Å². The van der Waals surface area contributed by atoms with Crippen LogP contribution in [0.1, 0.15) is 10.4 Å². The Balaban J connectivity index is 1.70. The molecule has 124 valence electrons. The molecule has 0 bridgehead atoms. The first kappa shape index (κ1) is 16.3. The van der Waals surface area contributed by atoms with E-state index in [9.17, 15) is 13.2 Å². The average Bonchev–Trinajstić information content (AvgIpc) is 2.93. The zero-order chi connectivity index (χ0) is 16.6. The van der Waals surface area contributed by atoms with Crippen LogP contribution in [-0.2, 0) is 6.18 Å². The molecule has 4 nitrogen and oxygen atoms in total. The quantitative estimate of drug-likeness (QED) is 0.812. The van der Waals surface area contributed by atoms with Gasteiger partial charge in [0.15, 0.2) is 5.13 Å². The third kappa shape index (κ3) is 3.53. The number of aromatic nitrogens is 2. The molecule has 0 saturated carbocycles. The minimum Gasteiger partial charge on any atom is -0.352 e. The fourth-order valence-electron chi connectivity index (χ4n) is 2.42. The van der Waals surface area contributed by atoms with E-state index in [4.69, 9.17) is 11.6 Å². The van der Waals surface area contributed by atoms with Crippen molar-refractivity contribution in [2.45, 2.75) is 13.1 Å². The van der Waals surface area contributed by atoms with Gasteiger partial charge in [-0.25, -0.2) is 9.97 Å². The Kier molecular flexibility index (Phi) is 4.37. The summed E-state index contributed by atoms with van der Waals surface area (Å²) in [6, 6.07) is 0.931. The Hall–Kier alpha value is -1.54. The Morgan fingerprint density at radius 3 is 2.26 bits per heavy atom. The van der Waals surface area contributed by atoms with Gasteiger partial charge in [-0.3, -0.25) is 0 Å². The SMILES string of the molecule is Cc1cnc(N2CCN(c3ncc(C(F)(F)F)cc3Cl)CC2)s1. The van der Waals surface area contributed by atoms with Crippen LogP contribution in [0.4, 0.5) is 24.1 Å². The lowest BCUT2D eigenvalue weighted by atomic mass is 10.2. The highest BCUT2D eigenvalue weighted by molar-refractivity contribution is 7.15. The second-order valence-corrected chi connectivity index (χ2v) is 6.88. The number of alkyl halides is 3. The summed E-state index contributed by atoms with van der Waals surface area (Å²) in [6.45, 7) is 4.73. The number of nitrogens with zero attached hydrogens (tertiary/aromatic N) is 4. The number of hydrogen-bond donors (Lipinski definition) is 0. The maximum Gasteiger partial charge on any atom is 0.417 e. The van der Waals surface area contributed by atoms with Crippen LogP contribution < -0.4 is 9.80 Å². The number of hydrogen-bond acceptors (Lipinski definition) is 5. The molecule has 3 rings (SSSR count). The Morgan fingerprint density at radius 1 is 1.09 bits per heavy atom. The van der Waals surface area contributed by atoms with Crippen molar-refractivity contribution >= 4 is 33.9 Å². The predicted octanol–water partition coefficient (Wildman–Crippen LogP) is 3.85. The maximum absolute atomic E-state index is 12.7. The van der Waals surface area contributed by atoms with E-state index in [1.807, 2.05) is 18.0 Å². The normalized spacial score (nSPS) is 16.0. The number of pyridine rings is 1. The van der Waals surface area contributed by atoms with Crippen molar-refractivity contribution in [2.75, 3.05) is 36.0 Å². The third-order valence-electron chi connectivity index (χ3n) is 3.61. The van der Waals surface area contributed by atoms with Gasteiger partial charge in [-0.1, -0.05) is 11.6 Å². The number of anilines is 2. The molecule has 2 aromatic rings. The van der Waals surface area contributed by atoms with Crippen molar-refractivity contribution in [3.8, 4) is 0 Å². The molecule has 0 unspecified atom stereocenters. The van der Waals surface area contributed by atoms with E-state index in [0.717, 1.165) is 35.4 Å². The lowest BCUT2D eigenvalue weighted by Gasteiger charge is -2.35. The molecule has 1 fully saturated rings. The van der Waals surface area contributed by atoms with Gasteiger partial charge in [0.2, 0.25) is 0 Å². The second-order valence-electron chi connectivity index (χ2n) is 5.25. The van der Waals surface area contributed by atoms with Crippen molar-refractivity contribution in [1.29, 1.82) is 0 Å². The minimum atomic E-state index is -4.43. The standard InChI is InChI=1S/C14H14ClF3N4S/c1-9-7-20-13(23-9)22-4-2-21(3-5-22)12-11(15)6-10(8-19-12)14(16,17)18/h6-8H,2-5H2,1H3. The molecule has 1 aliphatic rings. The Morgan fingerprint density at radius 2 is 1.74 bits per heavy atom. The van der Waals surface area contributed by atoms with E-state index in [2.05, 4.69) is 14.9 Å². The van der Waals surface area contributed by atoms with Crippen molar-refractivity contribution in [1.82, 2.24) is 9.97 Å². The van der Waals surface area contributed by atoms with Crippen LogP contribution >= 0.6 is 22.9 Å². The molecule has 1 aliphatic heterocycles. The predicted molar refractivity (Wildman–Crippen MR) is 85.5 cm³/mol. The van der Waals surface area contributed by atoms with Crippen molar-refractivity contribution in [3.63, 3.8) is 0 Å². The number of thiazole rings is 1. The summed E-state index contributed by atoms with van der Waals surface area (Å²) in [4.78, 5) is 13.5. The van der Waals surface area contributed by atoms with Crippen LogP contribution in [0.15, 0.2) is 18.5 Å². The summed E-state index contributed by atoms with van der Waals surface area (Å²) in [6.07, 6.45) is -1.77. The molecule has 23 heavy (non-hydrogen) atoms. The van der Waals surface area contributed by atoms with E-state index in [0.29, 0.717) is 18.9 Å². The van der Waals surface area contributed by atoms with Crippen LogP contribution in [0.25, 0.3) is 0 Å². The van der Waals surface area contributed by atoms with E-state index >= 15 is 0 Å². The first-order chi connectivity index (χ1) is 10.8. The maximum atomic E-state index is 12.7. The molecule has 0 amide bonds. The van der Waals surface area contributed by atoms with Gasteiger partial charge in [0.25, 0.3) is 0 Å². The highest BCUT2D eigenvalue weighted by Crippen LogP contribution is 2.34. The fourth-order valence-corrected chi connectivity index (χ4v) is 3.51. The molecule has 0 radical (unpaired) electrons. The summed E-state index contributed by atoms with van der Waals surface area (Å²) in [7, 11) is 0. The van der Waals surface area contributed by atoms with Crippen LogP contribution in [0, 0.1) is 6.92 Å². The summed E-state index contributed by atoms with van der Waals surface area (Å²) >= 11 is 7.63. The molecular formula is C14H14ClF3N4S. The van der Waals surface area contributed by atoms with Gasteiger partial charge in [0, 0.05) is 43.4 Å². The van der Waals surface area contributed by atoms with Gasteiger partial charge in [-0.05, 0) is 13.0 Å². The fraction of sp³-hybridized carbons (Fsp3) is 0.429. The van der Waals surface area contributed by atoms with E-state index in [1.54, 1.807) is 11.3 Å². The summed E-state index contributed by atoms with van der Waals surface area (Å²) in [5, 5.41) is 0.993. The average molecular weight is 363 g/mol. The molecule has 1 saturated heterocycles. The van der Waals surface area contributed by atoms with Crippen LogP contribution in [-0.4, -0.2) is 36.1 Å². The van der Waals surface area contributed by atoms with Gasteiger partial charge in [-0.15, -0.1) is 11.3 Å². The van der Waals surface area contributed by atoms with Crippen molar-refractivity contribution < 1.29 is 13.2 Å². The highest BCUT2D eigenvalue weighted by Gasteiger charge is 2.32. The zero-order valence-electron chi connectivity index (χ0n) is 12.3. The number of piperazine rings is 1. The Bertz CT molecular complexity index is 696. The molecule has 2 aromatic heterocycles. The monoisotopic (exact) mass is 362 g/mol. The second kappa shape index (κ2) is 6.16. The minimum absolute atomic E-state index is 0.0263. The molecule has 0 aromatic carbocycles. The molecule has 0 aliphatic carbocycles. The topological polar surface area (TPSA) is 32.3 Å². The van der Waals surface area contributed by atoms with Gasteiger partial charge in [-0.2, -0.15) is 13.2 Å². The van der Waals surface area contributed by atoms with Crippen molar-refractivity contribution in [2.24, 2.45) is 0 Å². The zero-order valence-corrected chi connectivity index (χ0v) is 13.8. The molecular weight excluding hydrogens is 349 g/mol. The van der Waals surface area contributed by atoms with Crippen LogP contribution in [0.2, 0.25) is 5.02 Å². The highest BCUT2D eigenvalue weighted by atomic mass is 35.5. The molecule has 3 heterocycles. The van der Waals surface area contributed by atoms with Gasteiger partial charge in [0.05, 0.1) is 10.6 Å². The third-order valence-corrected chi connectivity index (χ3v) is 4.86. The first-order valence-corrected chi connectivity index (χ1v) is 8.19. The molecule has 0 spiro atoms. The van der Waals surface area contributed by atoms with Crippen LogP contribution in [0.5, 0.6) is 0 Å². The smallest absolute Gasteiger partial charge is 0.352 e. The van der Waals surface area contributed by atoms with Gasteiger partial charge in [0.1, 0.15) is 5.82 Å². The van der Waals surface area contributed by atoms with Gasteiger partial charge >= 0.3 is 6.18 Å². The van der Waals surface area contributed by atoms with Gasteiger partial charge < -0.3 is 9.80 Å². The molecule has 0 atom stereocenters. The molecule has 0 N–H and O–H groups in total. The first-order valence-electron chi connectivity index (χ1n) is 6.99. The van der Waals surface area contributed by atoms with E-state index in [-0.39, 0.29) is 5.02 Å². The lowest BCUT2D eigenvalue weighted by Crippen LogP contribution is -2.47. The number of rotatable bonds is 2. The van der Waals surface area contributed by atoms with E-state index in [1.165, 1.54) is 0 Å². The van der Waals surface area contributed by atoms with Crippen molar-refractivity contribution in [3.05, 3.63) is 33.9 Å². The molecule has 9 heteroatoms. The Labute approximate surface area is 140 Å². The summed E-state index contributed by atoms with van der Waals surface area (Å²) < 4.78 is 38.0. The lowest BCUT2D eigenvalue weighted by molar-refractivity contribution is -0.137. The summed E-state index contributed by atoms with van der Waals surface area (Å²) in [5.41, 5.74) is -0.830. The largest absolute Gasteiger partial charge is 0.417 e.